The molecule has 2 aromatic carbocycles. The highest BCUT2D eigenvalue weighted by Gasteiger charge is 2.35. The predicted octanol–water partition coefficient (Wildman–Crippen LogP) is 3.66. The molecule has 0 aliphatic rings. The van der Waals surface area contributed by atoms with Crippen LogP contribution in [0.4, 0.5) is 13.2 Å². The number of nitrogens with zero attached hydrogens (tertiary/aromatic N) is 3. The number of carbonyl (C=O) groups excluding carboxylic acids is 1. The molecule has 0 aliphatic heterocycles. The van der Waals surface area contributed by atoms with Crippen LogP contribution in [0.5, 0.6) is 0 Å². The van der Waals surface area contributed by atoms with Gasteiger partial charge in [0.2, 0.25) is 5.91 Å². The molecule has 3 rings (SSSR count). The number of aryl methyl sites for hydroxylation is 1. The summed E-state index contributed by atoms with van der Waals surface area (Å²) in [6.07, 6.45) is -5.11. The van der Waals surface area contributed by atoms with E-state index in [9.17, 15) is 36.5 Å². The molecule has 35 heavy (non-hydrogen) atoms. The van der Waals surface area contributed by atoms with Crippen LogP contribution in [-0.2, 0) is 25.8 Å². The standard InChI is InChI=1S/C21H19F3N4O6S/c1-14-4-6-15(7-5-14)18-13-19(21(22,23)24)25-27(18)16-8-10-17(11-9-16)35(32,33)26-20(29)3-2-12-34-28(30)31/h4-11,13H,2-3,12H2,1H3,(H,26,29). The molecule has 0 atom stereocenters. The summed E-state index contributed by atoms with van der Waals surface area (Å²) >= 11 is 0. The molecule has 0 radical (unpaired) electrons. The maximum absolute atomic E-state index is 13.3. The van der Waals surface area contributed by atoms with Gasteiger partial charge in [0.05, 0.1) is 22.9 Å². The molecule has 0 saturated carbocycles. The number of hydrogen-bond donors (Lipinski definition) is 1. The number of hydrogen-bond acceptors (Lipinski definition) is 7. The van der Waals surface area contributed by atoms with Gasteiger partial charge in [-0.25, -0.2) is 17.8 Å². The van der Waals surface area contributed by atoms with Gasteiger partial charge in [0.15, 0.2) is 5.69 Å². The minimum atomic E-state index is -4.69. The van der Waals surface area contributed by atoms with Crippen LogP contribution in [0.25, 0.3) is 16.9 Å². The van der Waals surface area contributed by atoms with E-state index in [1.54, 1.807) is 24.3 Å². The van der Waals surface area contributed by atoms with Crippen molar-refractivity contribution in [3.05, 3.63) is 76.0 Å². The largest absolute Gasteiger partial charge is 0.435 e. The van der Waals surface area contributed by atoms with E-state index in [1.807, 2.05) is 11.6 Å². The van der Waals surface area contributed by atoms with Gasteiger partial charge in [-0.1, -0.05) is 29.8 Å². The third kappa shape index (κ3) is 6.56. The second-order valence-corrected chi connectivity index (χ2v) is 9.06. The summed E-state index contributed by atoms with van der Waals surface area (Å²) in [5.41, 5.74) is 0.593. The van der Waals surface area contributed by atoms with Crippen molar-refractivity contribution in [2.24, 2.45) is 0 Å². The molecule has 0 saturated heterocycles. The lowest BCUT2D eigenvalue weighted by molar-refractivity contribution is -0.757. The minimum absolute atomic E-state index is 0.0795. The Labute approximate surface area is 197 Å². The molecule has 1 amide bonds. The number of carbonyl (C=O) groups is 1. The fourth-order valence-corrected chi connectivity index (χ4v) is 4.06. The quantitative estimate of drug-likeness (QED) is 0.263. The van der Waals surface area contributed by atoms with Gasteiger partial charge in [-0.15, -0.1) is 10.1 Å². The number of alkyl halides is 3. The highest BCUT2D eigenvalue weighted by atomic mass is 32.2. The lowest BCUT2D eigenvalue weighted by Gasteiger charge is -2.10. The normalized spacial score (nSPS) is 11.8. The number of rotatable bonds is 9. The molecule has 186 valence electrons. The Bertz CT molecular complexity index is 1320. The molecular formula is C21H19F3N4O6S. The summed E-state index contributed by atoms with van der Waals surface area (Å²) in [5.74, 6) is -0.899. The third-order valence-electron chi connectivity index (χ3n) is 4.73. The van der Waals surface area contributed by atoms with Crippen LogP contribution in [-0.4, -0.2) is 35.8 Å². The number of sulfonamides is 1. The van der Waals surface area contributed by atoms with E-state index in [-0.39, 0.29) is 35.7 Å². The Kier molecular flexibility index (Phi) is 7.43. The number of halogens is 3. The highest BCUT2D eigenvalue weighted by molar-refractivity contribution is 7.90. The predicted molar refractivity (Wildman–Crippen MR) is 116 cm³/mol. The van der Waals surface area contributed by atoms with Crippen LogP contribution < -0.4 is 4.72 Å². The number of benzene rings is 2. The fourth-order valence-electron chi connectivity index (χ4n) is 3.04. The van der Waals surface area contributed by atoms with E-state index in [0.29, 0.717) is 5.56 Å². The Morgan fingerprint density at radius 1 is 1.14 bits per heavy atom. The Morgan fingerprint density at radius 2 is 1.77 bits per heavy atom. The molecule has 0 bridgehead atoms. The van der Waals surface area contributed by atoms with Crippen molar-refractivity contribution in [1.82, 2.24) is 14.5 Å². The van der Waals surface area contributed by atoms with E-state index >= 15 is 0 Å². The van der Waals surface area contributed by atoms with Crippen LogP contribution in [0, 0.1) is 17.0 Å². The molecule has 1 heterocycles. The second kappa shape index (κ2) is 10.1. The monoisotopic (exact) mass is 512 g/mol. The SMILES string of the molecule is Cc1ccc(-c2cc(C(F)(F)F)nn2-c2ccc(S(=O)(=O)NC(=O)CCCO[N+](=O)[O-])cc2)cc1. The van der Waals surface area contributed by atoms with Crippen LogP contribution in [0.2, 0.25) is 0 Å². The van der Waals surface area contributed by atoms with Crippen LogP contribution in [0.3, 0.4) is 0 Å². The van der Waals surface area contributed by atoms with Gasteiger partial charge in [0.1, 0.15) is 0 Å². The Balaban J connectivity index is 1.84. The average Bonchev–Trinajstić information content (AvgIpc) is 3.23. The van der Waals surface area contributed by atoms with Gasteiger partial charge in [-0.05, 0) is 43.7 Å². The lowest BCUT2D eigenvalue weighted by atomic mass is 10.1. The van der Waals surface area contributed by atoms with Crippen molar-refractivity contribution in [1.29, 1.82) is 0 Å². The molecule has 1 N–H and O–H groups in total. The van der Waals surface area contributed by atoms with Crippen LogP contribution in [0.15, 0.2) is 59.5 Å². The van der Waals surface area contributed by atoms with Crippen molar-refractivity contribution < 1.29 is 36.3 Å². The molecule has 14 heteroatoms. The van der Waals surface area contributed by atoms with Crippen LogP contribution in [0.1, 0.15) is 24.1 Å². The summed E-state index contributed by atoms with van der Waals surface area (Å²) in [6.45, 7) is 1.46. The van der Waals surface area contributed by atoms with Gasteiger partial charge < -0.3 is 4.84 Å². The fraction of sp³-hybridized carbons (Fsp3) is 0.238. The Morgan fingerprint density at radius 3 is 2.34 bits per heavy atom. The van der Waals surface area contributed by atoms with Gasteiger partial charge in [-0.3, -0.25) is 4.79 Å². The molecule has 0 fully saturated rings. The van der Waals surface area contributed by atoms with Gasteiger partial charge in [0.25, 0.3) is 15.1 Å². The summed E-state index contributed by atoms with van der Waals surface area (Å²) < 4.78 is 67.8. The summed E-state index contributed by atoms with van der Waals surface area (Å²) in [4.78, 5) is 25.7. The van der Waals surface area contributed by atoms with Crippen LogP contribution >= 0.6 is 0 Å². The number of aromatic nitrogens is 2. The smallest absolute Gasteiger partial charge is 0.314 e. The lowest BCUT2D eigenvalue weighted by Crippen LogP contribution is -2.30. The maximum atomic E-state index is 13.3. The molecule has 0 aliphatic carbocycles. The van der Waals surface area contributed by atoms with Gasteiger partial charge in [-0.2, -0.15) is 18.3 Å². The van der Waals surface area contributed by atoms with Crippen molar-refractivity contribution in [3.63, 3.8) is 0 Å². The molecular weight excluding hydrogens is 493 g/mol. The first-order chi connectivity index (χ1) is 16.4. The minimum Gasteiger partial charge on any atom is -0.314 e. The molecule has 0 spiro atoms. The molecule has 0 unspecified atom stereocenters. The van der Waals surface area contributed by atoms with Crippen molar-refractivity contribution in [3.8, 4) is 16.9 Å². The summed E-state index contributed by atoms with van der Waals surface area (Å²) in [6, 6.07) is 12.4. The van der Waals surface area contributed by atoms with E-state index in [4.69, 9.17) is 0 Å². The first-order valence-corrected chi connectivity index (χ1v) is 11.5. The zero-order chi connectivity index (χ0) is 25.8. The summed E-state index contributed by atoms with van der Waals surface area (Å²) in [5, 5.41) is 12.7. The summed E-state index contributed by atoms with van der Waals surface area (Å²) in [7, 11) is -4.28. The molecule has 3 aromatic rings. The molecule has 1 aromatic heterocycles. The third-order valence-corrected chi connectivity index (χ3v) is 6.12. The first kappa shape index (κ1) is 25.7. The highest BCUT2D eigenvalue weighted by Crippen LogP contribution is 2.33. The van der Waals surface area contributed by atoms with E-state index < -0.39 is 32.9 Å². The van der Waals surface area contributed by atoms with E-state index in [1.165, 1.54) is 12.1 Å². The van der Waals surface area contributed by atoms with E-state index in [2.05, 4.69) is 9.94 Å². The van der Waals surface area contributed by atoms with Crippen molar-refractivity contribution >= 4 is 15.9 Å². The maximum Gasteiger partial charge on any atom is 0.435 e. The van der Waals surface area contributed by atoms with Gasteiger partial charge >= 0.3 is 6.18 Å². The van der Waals surface area contributed by atoms with Crippen molar-refractivity contribution in [2.45, 2.75) is 30.8 Å². The van der Waals surface area contributed by atoms with Gasteiger partial charge in [0, 0.05) is 12.0 Å². The zero-order valence-electron chi connectivity index (χ0n) is 18.2. The zero-order valence-corrected chi connectivity index (χ0v) is 19.0. The van der Waals surface area contributed by atoms with Crippen molar-refractivity contribution in [2.75, 3.05) is 6.61 Å². The number of nitrogens with one attached hydrogen (secondary N) is 1. The Hall–Kier alpha value is -3.94. The average molecular weight is 512 g/mol. The molecule has 10 nitrogen and oxygen atoms in total. The van der Waals surface area contributed by atoms with E-state index in [0.717, 1.165) is 28.4 Å². The topological polar surface area (TPSA) is 133 Å². The number of amides is 1. The first-order valence-electron chi connectivity index (χ1n) is 10.0. The second-order valence-electron chi connectivity index (χ2n) is 7.37.